The van der Waals surface area contributed by atoms with Crippen LogP contribution in [0.1, 0.15) is 12.0 Å². The zero-order valence-electron chi connectivity index (χ0n) is 16.5. The first-order valence-electron chi connectivity index (χ1n) is 9.32. The van der Waals surface area contributed by atoms with E-state index in [1.807, 2.05) is 12.1 Å². The van der Waals surface area contributed by atoms with Gasteiger partial charge >= 0.3 is 0 Å². The van der Waals surface area contributed by atoms with Gasteiger partial charge in [-0.1, -0.05) is 30.3 Å². The second-order valence-electron chi connectivity index (χ2n) is 6.40. The van der Waals surface area contributed by atoms with Crippen molar-refractivity contribution in [2.75, 3.05) is 0 Å². The van der Waals surface area contributed by atoms with Gasteiger partial charge in [-0.15, -0.1) is 0 Å². The van der Waals surface area contributed by atoms with Crippen molar-refractivity contribution < 1.29 is 15.0 Å². The van der Waals surface area contributed by atoms with Gasteiger partial charge in [-0.2, -0.15) is 0 Å². The van der Waals surface area contributed by atoms with Crippen molar-refractivity contribution in [1.82, 2.24) is 9.88 Å². The molecule has 2 N–H and O–H groups in total. The number of thioether (sulfide) groups is 1. The summed E-state index contributed by atoms with van der Waals surface area (Å²) in [4.78, 5) is 23.7. The van der Waals surface area contributed by atoms with Gasteiger partial charge in [-0.25, -0.2) is 4.99 Å². The summed E-state index contributed by atoms with van der Waals surface area (Å²) in [5.74, 6) is -0.757. The van der Waals surface area contributed by atoms with E-state index in [0.717, 1.165) is 5.56 Å². The van der Waals surface area contributed by atoms with Gasteiger partial charge in [0.2, 0.25) is 0 Å². The van der Waals surface area contributed by atoms with Crippen molar-refractivity contribution in [2.24, 2.45) is 4.99 Å². The Balaban J connectivity index is 1.86. The number of aliphatic hydroxyl groups is 2. The maximum absolute atomic E-state index is 13.0. The number of allylic oxidation sites excluding steroid dienone is 4. The number of nitrogens with zero attached hydrogens (tertiary/aromatic N) is 3. The summed E-state index contributed by atoms with van der Waals surface area (Å²) < 4.78 is 0. The van der Waals surface area contributed by atoms with Gasteiger partial charge in [-0.3, -0.25) is 14.7 Å². The first-order valence-corrected chi connectivity index (χ1v) is 10.5. The minimum Gasteiger partial charge on any atom is -0.504 e. The van der Waals surface area contributed by atoms with Gasteiger partial charge in [0.15, 0.2) is 16.7 Å². The minimum atomic E-state index is -0.289. The second-order valence-corrected chi connectivity index (χ2v) is 7.85. The summed E-state index contributed by atoms with van der Waals surface area (Å²) in [6.45, 7) is 3.81. The van der Waals surface area contributed by atoms with E-state index >= 15 is 0 Å². The highest BCUT2D eigenvalue weighted by Gasteiger charge is 2.33. The van der Waals surface area contributed by atoms with Gasteiger partial charge in [0, 0.05) is 17.4 Å². The average Bonchev–Trinajstić information content (AvgIpc) is 3.05. The van der Waals surface area contributed by atoms with E-state index in [2.05, 4.69) is 16.6 Å². The zero-order valence-corrected chi connectivity index (χ0v) is 18.1. The van der Waals surface area contributed by atoms with E-state index in [1.54, 1.807) is 47.6 Å². The molecule has 158 valence electrons. The van der Waals surface area contributed by atoms with E-state index in [1.165, 1.54) is 30.0 Å². The number of carbonyl (C=O) groups excluding carboxylic acids is 1. The number of aromatic nitrogens is 1. The molecule has 1 aromatic heterocycles. The lowest BCUT2D eigenvalue weighted by Gasteiger charge is -2.15. The molecule has 3 rings (SSSR count). The number of aliphatic imine (C=N–C) groups is 1. The number of aliphatic hydroxyl groups excluding tert-OH is 2. The van der Waals surface area contributed by atoms with Crippen LogP contribution >= 0.6 is 23.4 Å². The van der Waals surface area contributed by atoms with Crippen molar-refractivity contribution in [1.29, 1.82) is 0 Å². The van der Waals surface area contributed by atoms with Crippen LogP contribution in [0.3, 0.4) is 0 Å². The number of hydrogen-bond donors (Lipinski definition) is 2. The fourth-order valence-corrected chi connectivity index (χ4v) is 3.75. The van der Waals surface area contributed by atoms with Crippen LogP contribution in [0.5, 0.6) is 0 Å². The van der Waals surface area contributed by atoms with Crippen LogP contribution in [0.2, 0.25) is 5.02 Å². The molecule has 0 saturated carbocycles. The van der Waals surface area contributed by atoms with Crippen LogP contribution in [0, 0.1) is 0 Å². The van der Waals surface area contributed by atoms with Crippen molar-refractivity contribution in [3.05, 3.63) is 107 Å². The number of benzene rings is 1. The molecule has 8 heteroatoms. The molecular weight excluding hydrogens is 434 g/mol. The minimum absolute atomic E-state index is 0.187. The summed E-state index contributed by atoms with van der Waals surface area (Å²) in [6.07, 6.45) is 9.35. The van der Waals surface area contributed by atoms with E-state index in [0.29, 0.717) is 27.3 Å². The number of amidine groups is 1. The number of carbonyl (C=O) groups is 1. The number of rotatable bonds is 7. The predicted molar refractivity (Wildman–Crippen MR) is 125 cm³/mol. The topological polar surface area (TPSA) is 86.0 Å². The van der Waals surface area contributed by atoms with Crippen LogP contribution in [-0.2, 0) is 11.3 Å². The summed E-state index contributed by atoms with van der Waals surface area (Å²) in [6, 6.07) is 10.7. The normalized spacial score (nSPS) is 17.6. The summed E-state index contributed by atoms with van der Waals surface area (Å²) in [7, 11) is 0. The van der Waals surface area contributed by atoms with Gasteiger partial charge in [0.05, 0.1) is 17.1 Å². The van der Waals surface area contributed by atoms with Crippen LogP contribution in [0.15, 0.2) is 101 Å². The Kier molecular flexibility index (Phi) is 7.70. The number of pyridine rings is 1. The molecule has 31 heavy (non-hydrogen) atoms. The lowest BCUT2D eigenvalue weighted by Crippen LogP contribution is -2.28. The molecule has 0 bridgehead atoms. The molecule has 1 amide bonds. The van der Waals surface area contributed by atoms with Crippen LogP contribution in [0.25, 0.3) is 0 Å². The molecular formula is C23H20ClN3O3S. The Morgan fingerprint density at radius 3 is 2.55 bits per heavy atom. The summed E-state index contributed by atoms with van der Waals surface area (Å²) >= 11 is 7.20. The van der Waals surface area contributed by atoms with E-state index < -0.39 is 0 Å². The standard InChI is InChI=1S/C23H20ClN3O3S/c1-2-4-19(28)20(29)5-3-6-21-22(30)27(15-16-11-13-25-14-12-16)23(31-21)26-18-9-7-17(24)8-10-18/h2,4-14,28-29H,1,3,15H2/b19-4+,20-5+,21-6-,26-23?. The van der Waals surface area contributed by atoms with Crippen LogP contribution < -0.4 is 0 Å². The molecule has 1 saturated heterocycles. The summed E-state index contributed by atoms with van der Waals surface area (Å²) in [5, 5.41) is 20.6. The monoisotopic (exact) mass is 453 g/mol. The van der Waals surface area contributed by atoms with Crippen LogP contribution in [0.4, 0.5) is 5.69 Å². The molecule has 0 unspecified atom stereocenters. The molecule has 1 aliphatic rings. The lowest BCUT2D eigenvalue weighted by atomic mass is 10.2. The Morgan fingerprint density at radius 1 is 1.16 bits per heavy atom. The molecule has 1 aromatic carbocycles. The largest absolute Gasteiger partial charge is 0.504 e. The third-order valence-corrected chi connectivity index (χ3v) is 5.49. The van der Waals surface area contributed by atoms with Gasteiger partial charge in [0.25, 0.3) is 5.91 Å². The predicted octanol–water partition coefficient (Wildman–Crippen LogP) is 5.84. The van der Waals surface area contributed by atoms with E-state index in [4.69, 9.17) is 11.6 Å². The molecule has 0 aliphatic carbocycles. The average molecular weight is 454 g/mol. The smallest absolute Gasteiger partial charge is 0.266 e. The highest BCUT2D eigenvalue weighted by atomic mass is 35.5. The molecule has 0 atom stereocenters. The Labute approximate surface area is 189 Å². The third kappa shape index (κ3) is 6.10. The van der Waals surface area contributed by atoms with Crippen molar-refractivity contribution >= 4 is 40.1 Å². The maximum Gasteiger partial charge on any atom is 0.266 e. The fourth-order valence-electron chi connectivity index (χ4n) is 2.64. The maximum atomic E-state index is 13.0. The highest BCUT2D eigenvalue weighted by Crippen LogP contribution is 2.34. The lowest BCUT2D eigenvalue weighted by molar-refractivity contribution is -0.122. The van der Waals surface area contributed by atoms with Gasteiger partial charge in [-0.05, 0) is 72.3 Å². The van der Waals surface area contributed by atoms with E-state index in [-0.39, 0.29) is 23.8 Å². The van der Waals surface area contributed by atoms with E-state index in [9.17, 15) is 15.0 Å². The quantitative estimate of drug-likeness (QED) is 0.312. The SMILES string of the molecule is C=C/C=C(O)\C(O)=C/C/C=C1\SC(=Nc2ccc(Cl)cc2)N(Cc2ccncc2)C1=O. The second kappa shape index (κ2) is 10.7. The first kappa shape index (κ1) is 22.4. The molecule has 0 radical (unpaired) electrons. The Bertz CT molecular complexity index is 1080. The Hall–Kier alpha value is -3.29. The van der Waals surface area contributed by atoms with Crippen LogP contribution in [-0.4, -0.2) is 31.2 Å². The molecule has 1 aliphatic heterocycles. The third-order valence-electron chi connectivity index (χ3n) is 4.18. The number of amides is 1. The van der Waals surface area contributed by atoms with Crippen molar-refractivity contribution in [3.8, 4) is 0 Å². The molecule has 0 spiro atoms. The molecule has 1 fully saturated rings. The first-order chi connectivity index (χ1) is 15.0. The van der Waals surface area contributed by atoms with Gasteiger partial charge < -0.3 is 10.2 Å². The molecule has 2 aromatic rings. The zero-order chi connectivity index (χ0) is 22.2. The Morgan fingerprint density at radius 2 is 1.87 bits per heavy atom. The summed E-state index contributed by atoms with van der Waals surface area (Å²) in [5.41, 5.74) is 1.60. The van der Waals surface area contributed by atoms with Crippen molar-refractivity contribution in [3.63, 3.8) is 0 Å². The van der Waals surface area contributed by atoms with Gasteiger partial charge in [0.1, 0.15) is 0 Å². The van der Waals surface area contributed by atoms with Crippen molar-refractivity contribution in [2.45, 2.75) is 13.0 Å². The number of halogens is 1. The number of hydrogen-bond acceptors (Lipinski definition) is 6. The molecule has 6 nitrogen and oxygen atoms in total. The fraction of sp³-hybridized carbons (Fsp3) is 0.0870. The molecule has 2 heterocycles. The highest BCUT2D eigenvalue weighted by molar-refractivity contribution is 8.18.